The van der Waals surface area contributed by atoms with Crippen LogP contribution >= 0.6 is 0 Å². The van der Waals surface area contributed by atoms with E-state index in [0.717, 1.165) is 35.5 Å². The van der Waals surface area contributed by atoms with Crippen molar-refractivity contribution in [3.05, 3.63) is 88.2 Å². The van der Waals surface area contributed by atoms with Crippen molar-refractivity contribution in [3.63, 3.8) is 0 Å². The fourth-order valence-electron chi connectivity index (χ4n) is 5.23. The maximum absolute atomic E-state index is 12.4. The third-order valence-electron chi connectivity index (χ3n) is 7.45. The number of aromatic nitrogens is 2. The minimum atomic E-state index is -1.38. The molecular formula is C30H37N3O2. The van der Waals surface area contributed by atoms with Crippen LogP contribution in [0.4, 0.5) is 0 Å². The van der Waals surface area contributed by atoms with Crippen LogP contribution in [0.1, 0.15) is 67.3 Å². The lowest BCUT2D eigenvalue weighted by atomic mass is 9.62. The first-order chi connectivity index (χ1) is 16.4. The quantitative estimate of drug-likeness (QED) is 0.545. The van der Waals surface area contributed by atoms with Gasteiger partial charge in [-0.15, -0.1) is 0 Å². The summed E-state index contributed by atoms with van der Waals surface area (Å²) in [5.74, 6) is 6.54. The zero-order chi connectivity index (χ0) is 25.6. The third kappa shape index (κ3) is 4.54. The van der Waals surface area contributed by atoms with E-state index in [9.17, 15) is 10.2 Å². The summed E-state index contributed by atoms with van der Waals surface area (Å²) in [6.07, 6.45) is 0. The number of hydrogen-bond donors (Lipinski definition) is 2. The fraction of sp³-hybridized carbons (Fsp3) is 0.433. The van der Waals surface area contributed by atoms with Crippen LogP contribution in [0.3, 0.4) is 0 Å². The van der Waals surface area contributed by atoms with E-state index < -0.39 is 11.2 Å². The second kappa shape index (κ2) is 8.95. The predicted molar refractivity (Wildman–Crippen MR) is 140 cm³/mol. The molecule has 0 unspecified atom stereocenters. The lowest BCUT2D eigenvalue weighted by Crippen LogP contribution is -2.63. The largest absolute Gasteiger partial charge is 0.380 e. The van der Waals surface area contributed by atoms with Gasteiger partial charge >= 0.3 is 0 Å². The molecule has 0 spiro atoms. The first-order valence-electron chi connectivity index (χ1n) is 12.2. The summed E-state index contributed by atoms with van der Waals surface area (Å²) in [4.78, 5) is 2.23. The van der Waals surface area contributed by atoms with Crippen LogP contribution in [-0.2, 0) is 18.2 Å². The van der Waals surface area contributed by atoms with E-state index in [1.165, 1.54) is 5.56 Å². The number of aliphatic hydroxyl groups is 2. The molecule has 1 fully saturated rings. The number of likely N-dealkylation sites (tertiary alicyclic amines) is 1. The van der Waals surface area contributed by atoms with Gasteiger partial charge in [-0.25, -0.2) is 0 Å². The van der Waals surface area contributed by atoms with Gasteiger partial charge < -0.3 is 15.1 Å². The minimum Gasteiger partial charge on any atom is -0.380 e. The van der Waals surface area contributed by atoms with Crippen LogP contribution in [0.5, 0.6) is 0 Å². The van der Waals surface area contributed by atoms with Gasteiger partial charge in [0.1, 0.15) is 11.3 Å². The van der Waals surface area contributed by atoms with Gasteiger partial charge in [0, 0.05) is 36.8 Å². The summed E-state index contributed by atoms with van der Waals surface area (Å²) < 4.78 is 1.73. The Morgan fingerprint density at radius 3 is 2.20 bits per heavy atom. The highest BCUT2D eigenvalue weighted by Crippen LogP contribution is 2.50. The van der Waals surface area contributed by atoms with Crippen molar-refractivity contribution < 1.29 is 10.2 Å². The van der Waals surface area contributed by atoms with E-state index in [4.69, 9.17) is 0 Å². The molecule has 0 amide bonds. The zero-order valence-electron chi connectivity index (χ0n) is 21.9. The molecule has 3 aromatic rings. The molecule has 5 nitrogen and oxygen atoms in total. The van der Waals surface area contributed by atoms with Crippen molar-refractivity contribution in [1.82, 2.24) is 14.7 Å². The standard InChI is InChI=1S/C30H37N3O2/c1-21(2)24-11-13-25(14-12-24)30(35,28(4)19-32(6)20-28)26-10-8-9-23(18-26)15-16-29(5,34)27-17-22(3)33(7)31-27/h8-14,17-18,21,34-35H,19-20H2,1-7H3/t29-,30-/m0/s1. The summed E-state index contributed by atoms with van der Waals surface area (Å²) in [6.45, 7) is 11.7. The number of rotatable bonds is 5. The lowest BCUT2D eigenvalue weighted by Gasteiger charge is -2.56. The lowest BCUT2D eigenvalue weighted by molar-refractivity contribution is -0.127. The Hall–Kier alpha value is -2.91. The van der Waals surface area contributed by atoms with Crippen molar-refractivity contribution in [2.75, 3.05) is 20.1 Å². The van der Waals surface area contributed by atoms with Crippen molar-refractivity contribution in [3.8, 4) is 11.8 Å². The van der Waals surface area contributed by atoms with Crippen LogP contribution in [0.25, 0.3) is 0 Å². The molecule has 0 aliphatic carbocycles. The maximum atomic E-state index is 12.4. The zero-order valence-corrected chi connectivity index (χ0v) is 21.9. The second-order valence-corrected chi connectivity index (χ2v) is 10.9. The van der Waals surface area contributed by atoms with Crippen molar-refractivity contribution in [2.24, 2.45) is 12.5 Å². The molecule has 0 saturated carbocycles. The van der Waals surface area contributed by atoms with Gasteiger partial charge in [-0.3, -0.25) is 4.68 Å². The normalized spacial score (nSPS) is 18.8. The Kier molecular flexibility index (Phi) is 6.44. The average molecular weight is 472 g/mol. The Bertz CT molecular complexity index is 1250. The van der Waals surface area contributed by atoms with Gasteiger partial charge in [-0.1, -0.05) is 69.0 Å². The molecule has 2 heterocycles. The van der Waals surface area contributed by atoms with E-state index in [1.807, 2.05) is 44.3 Å². The van der Waals surface area contributed by atoms with Gasteiger partial charge in [-0.2, -0.15) is 5.10 Å². The first kappa shape index (κ1) is 25.2. The van der Waals surface area contributed by atoms with E-state index >= 15 is 0 Å². The van der Waals surface area contributed by atoms with Crippen LogP contribution in [0.2, 0.25) is 0 Å². The summed E-state index contributed by atoms with van der Waals surface area (Å²) in [5, 5.41) is 27.8. The smallest absolute Gasteiger partial charge is 0.167 e. The number of nitrogens with zero attached hydrogens (tertiary/aromatic N) is 3. The molecule has 35 heavy (non-hydrogen) atoms. The average Bonchev–Trinajstić information content (AvgIpc) is 3.15. The molecule has 5 heteroatoms. The third-order valence-corrected chi connectivity index (χ3v) is 7.45. The summed E-state index contributed by atoms with van der Waals surface area (Å²) >= 11 is 0. The number of aryl methyl sites for hydroxylation is 2. The molecule has 1 aliphatic rings. The first-order valence-corrected chi connectivity index (χ1v) is 12.2. The monoisotopic (exact) mass is 471 g/mol. The fourth-order valence-corrected chi connectivity index (χ4v) is 5.23. The van der Waals surface area contributed by atoms with Crippen LogP contribution in [0, 0.1) is 24.2 Å². The molecule has 1 aromatic heterocycles. The summed E-state index contributed by atoms with van der Waals surface area (Å²) in [6, 6.07) is 18.0. The molecular weight excluding hydrogens is 434 g/mol. The molecule has 4 rings (SSSR count). The van der Waals surface area contributed by atoms with Crippen molar-refractivity contribution in [1.29, 1.82) is 0 Å². The summed E-state index contributed by atoms with van der Waals surface area (Å²) in [5.41, 5.74) is 2.27. The Morgan fingerprint density at radius 2 is 1.66 bits per heavy atom. The van der Waals surface area contributed by atoms with Crippen molar-refractivity contribution >= 4 is 0 Å². The van der Waals surface area contributed by atoms with E-state index in [1.54, 1.807) is 11.6 Å². The van der Waals surface area contributed by atoms with Gasteiger partial charge in [-0.05, 0) is 61.7 Å². The highest BCUT2D eigenvalue weighted by molar-refractivity contribution is 5.47. The molecule has 0 radical (unpaired) electrons. The molecule has 1 aliphatic heterocycles. The number of hydrogen-bond acceptors (Lipinski definition) is 4. The van der Waals surface area contributed by atoms with E-state index in [2.05, 4.69) is 73.9 Å². The van der Waals surface area contributed by atoms with Gasteiger partial charge in [0.15, 0.2) is 5.60 Å². The highest BCUT2D eigenvalue weighted by Gasteiger charge is 2.55. The Morgan fingerprint density at radius 1 is 1.00 bits per heavy atom. The molecule has 0 bridgehead atoms. The van der Waals surface area contributed by atoms with Crippen LogP contribution in [-0.4, -0.2) is 45.0 Å². The van der Waals surface area contributed by atoms with Gasteiger partial charge in [0.05, 0.1) is 0 Å². The summed E-state index contributed by atoms with van der Waals surface area (Å²) in [7, 11) is 3.92. The second-order valence-electron chi connectivity index (χ2n) is 10.9. The van der Waals surface area contributed by atoms with E-state index in [-0.39, 0.29) is 5.41 Å². The number of benzene rings is 2. The molecule has 2 atom stereocenters. The highest BCUT2D eigenvalue weighted by atomic mass is 16.3. The topological polar surface area (TPSA) is 61.5 Å². The Labute approximate surface area is 209 Å². The van der Waals surface area contributed by atoms with Crippen molar-refractivity contribution in [2.45, 2.75) is 51.7 Å². The van der Waals surface area contributed by atoms with E-state index in [0.29, 0.717) is 11.6 Å². The molecule has 2 aromatic carbocycles. The maximum Gasteiger partial charge on any atom is 0.167 e. The minimum absolute atomic E-state index is 0.343. The van der Waals surface area contributed by atoms with Gasteiger partial charge in [0.2, 0.25) is 0 Å². The Balaban J connectivity index is 1.75. The molecule has 1 saturated heterocycles. The predicted octanol–water partition coefficient (Wildman–Crippen LogP) is 4.30. The van der Waals surface area contributed by atoms with Gasteiger partial charge in [0.25, 0.3) is 0 Å². The SMILES string of the molecule is Cc1cc([C@@](C)(O)C#Cc2cccc([C@@](O)(c3ccc(C(C)C)cc3)C3(C)CN(C)C3)c2)nn1C. The molecule has 184 valence electrons. The van der Waals surface area contributed by atoms with Crippen LogP contribution in [0.15, 0.2) is 54.6 Å². The molecule has 2 N–H and O–H groups in total. The van der Waals surface area contributed by atoms with Crippen LogP contribution < -0.4 is 0 Å².